The van der Waals surface area contributed by atoms with Crippen LogP contribution in [-0.2, 0) is 12.8 Å². The summed E-state index contributed by atoms with van der Waals surface area (Å²) in [6.07, 6.45) is 7.35. The predicted octanol–water partition coefficient (Wildman–Crippen LogP) is 6.19. The highest BCUT2D eigenvalue weighted by Crippen LogP contribution is 2.34. The monoisotopic (exact) mass is 339 g/mol. The van der Waals surface area contributed by atoms with Crippen LogP contribution in [0.2, 0.25) is 0 Å². The normalized spacial score (nSPS) is 11.1. The summed E-state index contributed by atoms with van der Waals surface area (Å²) in [6.45, 7) is 4.50. The van der Waals surface area contributed by atoms with Crippen LogP contribution >= 0.6 is 27.3 Å². The van der Waals surface area contributed by atoms with Gasteiger partial charge in [-0.1, -0.05) is 26.7 Å². The van der Waals surface area contributed by atoms with Gasteiger partial charge in [-0.15, -0.1) is 11.3 Å². The summed E-state index contributed by atoms with van der Waals surface area (Å²) >= 11 is 5.39. The number of aromatic nitrogens is 1. The molecule has 0 radical (unpaired) electrons. The number of H-pyrrole nitrogens is 1. The van der Waals surface area contributed by atoms with Crippen molar-refractivity contribution in [3.63, 3.8) is 0 Å². The summed E-state index contributed by atoms with van der Waals surface area (Å²) in [6, 6.07) is 6.72. The number of halogens is 1. The molecule has 1 nitrogen and oxygen atoms in total. The van der Waals surface area contributed by atoms with E-state index in [0.29, 0.717) is 0 Å². The lowest BCUT2D eigenvalue weighted by molar-refractivity contribution is 0.758. The number of aryl methyl sites for hydroxylation is 2. The molecule has 0 aliphatic carbocycles. The summed E-state index contributed by atoms with van der Waals surface area (Å²) in [5, 5.41) is 0. The number of thiophene rings is 1. The highest BCUT2D eigenvalue weighted by molar-refractivity contribution is 9.11. The van der Waals surface area contributed by atoms with Gasteiger partial charge >= 0.3 is 0 Å². The number of hydrogen-bond acceptors (Lipinski definition) is 1. The van der Waals surface area contributed by atoms with Gasteiger partial charge in [0.2, 0.25) is 0 Å². The highest BCUT2D eigenvalue weighted by atomic mass is 79.9. The molecule has 0 aliphatic rings. The minimum Gasteiger partial charge on any atom is -0.362 e. The first-order valence-electron chi connectivity index (χ1n) is 7.21. The Bertz CT molecular complexity index is 513. The molecule has 0 fully saturated rings. The fourth-order valence-electron chi connectivity index (χ4n) is 2.29. The number of rotatable bonds is 7. The Morgan fingerprint density at radius 3 is 2.47 bits per heavy atom. The van der Waals surface area contributed by atoms with Crippen LogP contribution in [0.1, 0.15) is 50.9 Å². The molecule has 19 heavy (non-hydrogen) atoms. The molecule has 2 heterocycles. The van der Waals surface area contributed by atoms with Crippen LogP contribution in [0.3, 0.4) is 0 Å². The SMILES string of the molecule is CCCCc1cc(-c2ccc(Br)s2)c(CCCC)[nH]1. The van der Waals surface area contributed by atoms with Crippen LogP contribution in [0.4, 0.5) is 0 Å². The topological polar surface area (TPSA) is 15.8 Å². The Kier molecular flexibility index (Phi) is 5.71. The summed E-state index contributed by atoms with van der Waals surface area (Å²) < 4.78 is 1.21. The maximum Gasteiger partial charge on any atom is 0.0705 e. The van der Waals surface area contributed by atoms with Gasteiger partial charge in [0, 0.05) is 21.8 Å². The van der Waals surface area contributed by atoms with E-state index in [9.17, 15) is 0 Å². The van der Waals surface area contributed by atoms with E-state index in [4.69, 9.17) is 0 Å². The van der Waals surface area contributed by atoms with E-state index in [1.54, 1.807) is 0 Å². The van der Waals surface area contributed by atoms with Crippen molar-refractivity contribution >= 4 is 27.3 Å². The fraction of sp³-hybridized carbons (Fsp3) is 0.500. The second kappa shape index (κ2) is 7.30. The molecular weight excluding hydrogens is 318 g/mol. The second-order valence-corrected chi connectivity index (χ2v) is 7.46. The van der Waals surface area contributed by atoms with Gasteiger partial charge in [-0.25, -0.2) is 0 Å². The third-order valence-electron chi connectivity index (χ3n) is 3.37. The standard InChI is InChI=1S/C16H22BrNS/c1-3-5-7-12-11-13(14(18-12)8-6-4-2)15-9-10-16(17)19-15/h9-11,18H,3-8H2,1-2H3. The molecule has 104 valence electrons. The highest BCUT2D eigenvalue weighted by Gasteiger charge is 2.11. The van der Waals surface area contributed by atoms with Crippen LogP contribution in [0, 0.1) is 0 Å². The molecular formula is C16H22BrNS. The molecule has 3 heteroatoms. The first kappa shape index (κ1) is 14.9. The van der Waals surface area contributed by atoms with Crippen LogP contribution in [0.15, 0.2) is 22.0 Å². The maximum absolute atomic E-state index is 3.65. The van der Waals surface area contributed by atoms with Gasteiger partial charge in [-0.05, 0) is 59.8 Å². The summed E-state index contributed by atoms with van der Waals surface area (Å²) in [7, 11) is 0. The molecule has 0 saturated carbocycles. The van der Waals surface area contributed by atoms with Crippen LogP contribution in [0.25, 0.3) is 10.4 Å². The molecule has 0 atom stereocenters. The Morgan fingerprint density at radius 2 is 1.84 bits per heavy atom. The largest absolute Gasteiger partial charge is 0.362 e. The predicted molar refractivity (Wildman–Crippen MR) is 89.0 cm³/mol. The average Bonchev–Trinajstić information content (AvgIpc) is 3.00. The van der Waals surface area contributed by atoms with Crippen molar-refractivity contribution in [2.45, 2.75) is 52.4 Å². The lowest BCUT2D eigenvalue weighted by Gasteiger charge is -2.00. The van der Waals surface area contributed by atoms with Crippen molar-refractivity contribution in [1.82, 2.24) is 4.98 Å². The molecule has 2 aromatic rings. The van der Waals surface area contributed by atoms with E-state index in [0.717, 1.165) is 6.42 Å². The molecule has 0 spiro atoms. The zero-order valence-corrected chi connectivity index (χ0v) is 14.2. The number of hydrogen-bond donors (Lipinski definition) is 1. The van der Waals surface area contributed by atoms with E-state index < -0.39 is 0 Å². The van der Waals surface area contributed by atoms with Gasteiger partial charge in [0.15, 0.2) is 0 Å². The number of unbranched alkanes of at least 4 members (excludes halogenated alkanes) is 2. The van der Waals surface area contributed by atoms with Crippen LogP contribution in [0.5, 0.6) is 0 Å². The first-order chi connectivity index (χ1) is 9.24. The zero-order chi connectivity index (χ0) is 13.7. The molecule has 1 N–H and O–H groups in total. The van der Waals surface area contributed by atoms with Crippen LogP contribution < -0.4 is 0 Å². The third-order valence-corrected chi connectivity index (χ3v) is 5.03. The molecule has 2 aromatic heterocycles. The number of aromatic amines is 1. The summed E-state index contributed by atoms with van der Waals surface area (Å²) in [5.41, 5.74) is 4.23. The van der Waals surface area contributed by atoms with Gasteiger partial charge in [-0.3, -0.25) is 0 Å². The zero-order valence-electron chi connectivity index (χ0n) is 11.8. The van der Waals surface area contributed by atoms with E-state index in [-0.39, 0.29) is 0 Å². The lowest BCUT2D eigenvalue weighted by Crippen LogP contribution is -1.89. The Hall–Kier alpha value is -0.540. The molecule has 0 unspecified atom stereocenters. The minimum atomic E-state index is 1.16. The molecule has 2 rings (SSSR count). The molecule has 0 aromatic carbocycles. The first-order valence-corrected chi connectivity index (χ1v) is 8.82. The number of nitrogens with one attached hydrogen (secondary N) is 1. The second-order valence-electron chi connectivity index (χ2n) is 5.00. The van der Waals surface area contributed by atoms with E-state index in [1.165, 1.54) is 57.7 Å². The van der Waals surface area contributed by atoms with E-state index >= 15 is 0 Å². The van der Waals surface area contributed by atoms with Crippen molar-refractivity contribution in [3.8, 4) is 10.4 Å². The van der Waals surface area contributed by atoms with Crippen molar-refractivity contribution in [3.05, 3.63) is 33.4 Å². The molecule has 0 bridgehead atoms. The summed E-state index contributed by atoms with van der Waals surface area (Å²) in [5.74, 6) is 0. The van der Waals surface area contributed by atoms with E-state index in [2.05, 4.69) is 53.0 Å². The van der Waals surface area contributed by atoms with Gasteiger partial charge < -0.3 is 4.98 Å². The fourth-order valence-corrected chi connectivity index (χ4v) is 3.72. The van der Waals surface area contributed by atoms with Gasteiger partial charge in [0.05, 0.1) is 3.79 Å². The summed E-state index contributed by atoms with van der Waals surface area (Å²) in [4.78, 5) is 5.02. The van der Waals surface area contributed by atoms with Crippen molar-refractivity contribution in [2.24, 2.45) is 0 Å². The molecule has 0 aliphatic heterocycles. The van der Waals surface area contributed by atoms with Crippen molar-refractivity contribution < 1.29 is 0 Å². The molecule has 0 saturated heterocycles. The lowest BCUT2D eigenvalue weighted by atomic mass is 10.1. The van der Waals surface area contributed by atoms with E-state index in [1.807, 2.05) is 11.3 Å². The smallest absolute Gasteiger partial charge is 0.0705 e. The van der Waals surface area contributed by atoms with Crippen LogP contribution in [-0.4, -0.2) is 4.98 Å². The quantitative estimate of drug-likeness (QED) is 0.618. The Balaban J connectivity index is 2.25. The van der Waals surface area contributed by atoms with Crippen molar-refractivity contribution in [2.75, 3.05) is 0 Å². The average molecular weight is 340 g/mol. The maximum atomic E-state index is 3.65. The van der Waals surface area contributed by atoms with Gasteiger partial charge in [-0.2, -0.15) is 0 Å². The third kappa shape index (κ3) is 3.96. The molecule has 0 amide bonds. The Morgan fingerprint density at radius 1 is 1.11 bits per heavy atom. The Labute approximate surface area is 128 Å². The van der Waals surface area contributed by atoms with Gasteiger partial charge in [0.1, 0.15) is 0 Å². The van der Waals surface area contributed by atoms with Crippen molar-refractivity contribution in [1.29, 1.82) is 0 Å². The van der Waals surface area contributed by atoms with Gasteiger partial charge in [0.25, 0.3) is 0 Å². The minimum absolute atomic E-state index is 1.16.